The second-order valence-electron chi connectivity index (χ2n) is 7.74. The van der Waals surface area contributed by atoms with Gasteiger partial charge in [0.1, 0.15) is 0 Å². The first-order valence-electron chi connectivity index (χ1n) is 7.63. The van der Waals surface area contributed by atoms with Crippen molar-refractivity contribution in [3.8, 4) is 0 Å². The van der Waals surface area contributed by atoms with Crippen molar-refractivity contribution in [2.75, 3.05) is 26.3 Å². The highest BCUT2D eigenvalue weighted by Crippen LogP contribution is 2.44. The minimum atomic E-state index is -0.449. The largest absolute Gasteiger partial charge is 0.379 e. The highest BCUT2D eigenvalue weighted by Gasteiger charge is 2.53. The molecule has 0 amide bonds. The van der Waals surface area contributed by atoms with E-state index in [1.165, 1.54) is 0 Å². The van der Waals surface area contributed by atoms with Gasteiger partial charge in [-0.25, -0.2) is 0 Å². The number of rotatable bonds is 3. The molecule has 0 spiro atoms. The van der Waals surface area contributed by atoms with Gasteiger partial charge in [0.2, 0.25) is 0 Å². The van der Waals surface area contributed by atoms with Crippen LogP contribution in [0.2, 0.25) is 0 Å². The summed E-state index contributed by atoms with van der Waals surface area (Å²) in [6.07, 6.45) is 0.798. The first-order chi connectivity index (χ1) is 9.06. The summed E-state index contributed by atoms with van der Waals surface area (Å²) < 4.78 is 11.5. The minimum absolute atomic E-state index is 0.0460. The molecule has 1 atom stereocenters. The van der Waals surface area contributed by atoms with Crippen LogP contribution >= 0.6 is 0 Å². The van der Waals surface area contributed by atoms with Gasteiger partial charge in [0.05, 0.1) is 35.9 Å². The Labute approximate surface area is 122 Å². The second-order valence-corrected chi connectivity index (χ2v) is 7.74. The summed E-state index contributed by atoms with van der Waals surface area (Å²) in [5.41, 5.74) is -1.05. The van der Waals surface area contributed by atoms with Crippen molar-refractivity contribution in [1.82, 2.24) is 4.90 Å². The number of hydrogen-bond acceptors (Lipinski definition) is 4. The molecule has 0 saturated carbocycles. The van der Waals surface area contributed by atoms with E-state index in [0.717, 1.165) is 19.5 Å². The van der Waals surface area contributed by atoms with E-state index in [1.54, 1.807) is 0 Å². The highest BCUT2D eigenvalue weighted by molar-refractivity contribution is 5.91. The quantitative estimate of drug-likeness (QED) is 0.796. The molecule has 2 rings (SSSR count). The summed E-state index contributed by atoms with van der Waals surface area (Å²) >= 11 is 0. The standard InChI is InChI=1S/C16H29NO3/c1-14(2)11-12(16(5,6)20-14)13(18)15(3,4)17-7-9-19-10-8-17/h12H,7-11H2,1-6H3. The van der Waals surface area contributed by atoms with Gasteiger partial charge in [-0.05, 0) is 48.0 Å². The molecule has 0 N–H and O–H groups in total. The van der Waals surface area contributed by atoms with Crippen LogP contribution in [0.25, 0.3) is 0 Å². The fraction of sp³-hybridized carbons (Fsp3) is 0.938. The van der Waals surface area contributed by atoms with Crippen LogP contribution in [0.1, 0.15) is 48.0 Å². The molecule has 2 saturated heterocycles. The summed E-state index contributed by atoms with van der Waals surface area (Å²) in [5, 5.41) is 0. The average Bonchev–Trinajstić information content (AvgIpc) is 2.57. The van der Waals surface area contributed by atoms with Gasteiger partial charge in [0.25, 0.3) is 0 Å². The molecule has 2 fully saturated rings. The molecular formula is C16H29NO3. The predicted molar refractivity (Wildman–Crippen MR) is 78.8 cm³/mol. The van der Waals surface area contributed by atoms with Crippen molar-refractivity contribution >= 4 is 5.78 Å². The molecule has 0 aromatic rings. The smallest absolute Gasteiger partial charge is 0.158 e. The highest BCUT2D eigenvalue weighted by atomic mass is 16.5. The lowest BCUT2D eigenvalue weighted by molar-refractivity contribution is -0.142. The van der Waals surface area contributed by atoms with Gasteiger partial charge in [-0.2, -0.15) is 0 Å². The zero-order valence-electron chi connectivity index (χ0n) is 13.8. The first kappa shape index (κ1) is 15.9. The molecule has 0 bridgehead atoms. The van der Waals surface area contributed by atoms with E-state index in [-0.39, 0.29) is 17.1 Å². The van der Waals surface area contributed by atoms with Crippen LogP contribution in [-0.2, 0) is 14.3 Å². The lowest BCUT2D eigenvalue weighted by atomic mass is 9.77. The van der Waals surface area contributed by atoms with Gasteiger partial charge in [-0.1, -0.05) is 0 Å². The topological polar surface area (TPSA) is 38.8 Å². The van der Waals surface area contributed by atoms with E-state index in [9.17, 15) is 4.79 Å². The number of Topliss-reactive ketones (excluding diaryl/α,β-unsaturated/α-hetero) is 1. The first-order valence-corrected chi connectivity index (χ1v) is 7.63. The van der Waals surface area contributed by atoms with Gasteiger partial charge in [0.15, 0.2) is 5.78 Å². The van der Waals surface area contributed by atoms with Crippen LogP contribution in [0.15, 0.2) is 0 Å². The normalized spacial score (nSPS) is 30.4. The molecule has 0 aromatic carbocycles. The Morgan fingerprint density at radius 1 is 1.15 bits per heavy atom. The monoisotopic (exact) mass is 283 g/mol. The number of hydrogen-bond donors (Lipinski definition) is 0. The lowest BCUT2D eigenvalue weighted by Crippen LogP contribution is -2.57. The molecule has 0 aromatic heterocycles. The van der Waals surface area contributed by atoms with Crippen molar-refractivity contribution in [2.45, 2.75) is 64.7 Å². The molecule has 0 aliphatic carbocycles. The average molecular weight is 283 g/mol. The third-order valence-electron chi connectivity index (χ3n) is 4.80. The maximum Gasteiger partial charge on any atom is 0.158 e. The third kappa shape index (κ3) is 2.92. The summed E-state index contributed by atoms with van der Waals surface area (Å²) in [6, 6.07) is 0. The number of carbonyl (C=O) groups excluding carboxylic acids is 1. The molecule has 4 nitrogen and oxygen atoms in total. The van der Waals surface area contributed by atoms with Crippen LogP contribution in [0.3, 0.4) is 0 Å². The molecule has 2 heterocycles. The molecule has 20 heavy (non-hydrogen) atoms. The molecule has 116 valence electrons. The number of ether oxygens (including phenoxy) is 2. The second kappa shape index (κ2) is 5.08. The maximum atomic E-state index is 13.1. The van der Waals surface area contributed by atoms with Crippen LogP contribution < -0.4 is 0 Å². The van der Waals surface area contributed by atoms with Crippen molar-refractivity contribution in [3.05, 3.63) is 0 Å². The van der Waals surface area contributed by atoms with Gasteiger partial charge in [-0.3, -0.25) is 9.69 Å². The van der Waals surface area contributed by atoms with Crippen molar-refractivity contribution in [3.63, 3.8) is 0 Å². The van der Waals surface area contributed by atoms with Crippen LogP contribution in [-0.4, -0.2) is 53.7 Å². The Balaban J connectivity index is 2.17. The number of morpholine rings is 1. The molecule has 2 aliphatic rings. The molecule has 4 heteroatoms. The summed E-state index contributed by atoms with van der Waals surface area (Å²) in [5.74, 6) is 0.255. The summed E-state index contributed by atoms with van der Waals surface area (Å²) in [6.45, 7) is 15.4. The van der Waals surface area contributed by atoms with E-state index in [0.29, 0.717) is 19.0 Å². The number of carbonyl (C=O) groups is 1. The maximum absolute atomic E-state index is 13.1. The van der Waals surface area contributed by atoms with E-state index in [4.69, 9.17) is 9.47 Å². The van der Waals surface area contributed by atoms with Gasteiger partial charge < -0.3 is 9.47 Å². The van der Waals surface area contributed by atoms with E-state index >= 15 is 0 Å². The van der Waals surface area contributed by atoms with Crippen molar-refractivity contribution in [2.24, 2.45) is 5.92 Å². The van der Waals surface area contributed by atoms with Crippen LogP contribution in [0, 0.1) is 5.92 Å². The van der Waals surface area contributed by atoms with Gasteiger partial charge in [-0.15, -0.1) is 0 Å². The molecular weight excluding hydrogens is 254 g/mol. The third-order valence-corrected chi connectivity index (χ3v) is 4.80. The van der Waals surface area contributed by atoms with Crippen LogP contribution in [0.5, 0.6) is 0 Å². The molecule has 1 unspecified atom stereocenters. The van der Waals surface area contributed by atoms with Crippen molar-refractivity contribution in [1.29, 1.82) is 0 Å². The summed E-state index contributed by atoms with van der Waals surface area (Å²) in [4.78, 5) is 15.4. The van der Waals surface area contributed by atoms with Gasteiger partial charge >= 0.3 is 0 Å². The Morgan fingerprint density at radius 3 is 2.15 bits per heavy atom. The Morgan fingerprint density at radius 2 is 1.70 bits per heavy atom. The summed E-state index contributed by atoms with van der Waals surface area (Å²) in [7, 11) is 0. The SMILES string of the molecule is CC1(C)CC(C(=O)C(C)(C)N2CCOCC2)C(C)(C)O1. The Bertz CT molecular complexity index is 381. The van der Waals surface area contributed by atoms with E-state index in [2.05, 4.69) is 18.7 Å². The Hall–Kier alpha value is -0.450. The van der Waals surface area contributed by atoms with E-state index in [1.807, 2.05) is 27.7 Å². The van der Waals surface area contributed by atoms with Gasteiger partial charge in [0, 0.05) is 13.1 Å². The van der Waals surface area contributed by atoms with Crippen molar-refractivity contribution < 1.29 is 14.3 Å². The minimum Gasteiger partial charge on any atom is -0.379 e. The van der Waals surface area contributed by atoms with E-state index < -0.39 is 5.54 Å². The number of nitrogens with zero attached hydrogens (tertiary/aromatic N) is 1. The molecule has 0 radical (unpaired) electrons. The lowest BCUT2D eigenvalue weighted by Gasteiger charge is -2.42. The fourth-order valence-electron chi connectivity index (χ4n) is 3.68. The fourth-order valence-corrected chi connectivity index (χ4v) is 3.68. The van der Waals surface area contributed by atoms with Crippen LogP contribution in [0.4, 0.5) is 0 Å². The molecule has 2 aliphatic heterocycles. The number of ketones is 1. The Kier molecular flexibility index (Phi) is 4.04. The zero-order chi connectivity index (χ0) is 15.2. The predicted octanol–water partition coefficient (Wildman–Crippen LogP) is 2.26. The zero-order valence-corrected chi connectivity index (χ0v) is 13.8.